The molecule has 2 aliphatic carbocycles. The summed E-state index contributed by atoms with van der Waals surface area (Å²) < 4.78 is 46.4. The molecule has 0 aromatic heterocycles. The first-order chi connectivity index (χ1) is 11.3. The molecule has 0 amide bonds. The lowest BCUT2D eigenvalue weighted by molar-refractivity contribution is -0.0953. The maximum atomic E-state index is 13.7. The normalized spacial score (nSPS) is 23.2. The van der Waals surface area contributed by atoms with E-state index < -0.39 is 11.6 Å². The van der Waals surface area contributed by atoms with Gasteiger partial charge in [-0.05, 0) is 54.9 Å². The first kappa shape index (κ1) is 17.7. The number of ether oxygens (including phenoxy) is 1. The van der Waals surface area contributed by atoms with Crippen LogP contribution in [0.1, 0.15) is 56.6 Å². The molecule has 2 aliphatic rings. The molecule has 1 unspecified atom stereocenters. The molecule has 0 N–H and O–H groups in total. The number of benzene rings is 1. The molecule has 0 spiro atoms. The third kappa shape index (κ3) is 2.73. The van der Waals surface area contributed by atoms with Gasteiger partial charge in [-0.15, -0.1) is 0 Å². The summed E-state index contributed by atoms with van der Waals surface area (Å²) in [5, 5.41) is 0.467. The average Bonchev–Trinajstić information content (AvgIpc) is 2.88. The first-order valence-corrected chi connectivity index (χ1v) is 8.88. The summed E-state index contributed by atoms with van der Waals surface area (Å²) in [5.74, 6) is 0.536. The average molecular weight is 359 g/mol. The lowest BCUT2D eigenvalue weighted by Gasteiger charge is -2.37. The van der Waals surface area contributed by atoms with Gasteiger partial charge in [0.05, 0.1) is 12.1 Å². The van der Waals surface area contributed by atoms with Gasteiger partial charge in [-0.25, -0.2) is 0 Å². The third-order valence-corrected chi connectivity index (χ3v) is 5.89. The number of rotatable bonds is 4. The van der Waals surface area contributed by atoms with Crippen molar-refractivity contribution < 1.29 is 17.9 Å². The highest BCUT2D eigenvalue weighted by molar-refractivity contribution is 6.33. The predicted molar refractivity (Wildman–Crippen MR) is 90.5 cm³/mol. The topological polar surface area (TPSA) is 9.23 Å². The standard InChI is InChI=1S/C19H22ClF3O/c1-3-4-9-18-10-5-6-14(19(21,22)23)16(18)12-7-8-15(24-2)17(20)13(12)11-18/h7-8H,3-6,9-11H2,1-2H3. The largest absolute Gasteiger partial charge is 0.495 e. The van der Waals surface area contributed by atoms with Gasteiger partial charge in [0.2, 0.25) is 0 Å². The Labute approximate surface area is 145 Å². The summed E-state index contributed by atoms with van der Waals surface area (Å²) >= 11 is 6.45. The van der Waals surface area contributed by atoms with E-state index in [0.717, 1.165) is 31.2 Å². The lowest BCUT2D eigenvalue weighted by Crippen LogP contribution is -2.29. The van der Waals surface area contributed by atoms with Crippen molar-refractivity contribution >= 4 is 17.2 Å². The van der Waals surface area contributed by atoms with Gasteiger partial charge in [0.1, 0.15) is 5.75 Å². The molecular formula is C19H22ClF3O. The Morgan fingerprint density at radius 1 is 1.29 bits per heavy atom. The van der Waals surface area contributed by atoms with Gasteiger partial charge in [-0.1, -0.05) is 37.4 Å². The van der Waals surface area contributed by atoms with Crippen LogP contribution in [0.15, 0.2) is 17.7 Å². The summed E-state index contributed by atoms with van der Waals surface area (Å²) in [4.78, 5) is 0. The van der Waals surface area contributed by atoms with Gasteiger partial charge in [0.25, 0.3) is 0 Å². The molecule has 0 bridgehead atoms. The maximum Gasteiger partial charge on any atom is 0.412 e. The fraction of sp³-hybridized carbons (Fsp3) is 0.579. The Hall–Kier alpha value is -1.16. The molecule has 132 valence electrons. The van der Waals surface area contributed by atoms with Crippen LogP contribution < -0.4 is 4.74 Å². The highest BCUT2D eigenvalue weighted by Gasteiger charge is 2.50. The minimum Gasteiger partial charge on any atom is -0.495 e. The molecule has 5 heteroatoms. The second-order valence-corrected chi connectivity index (χ2v) is 7.25. The van der Waals surface area contributed by atoms with E-state index in [1.807, 2.05) is 0 Å². The molecule has 0 fully saturated rings. The van der Waals surface area contributed by atoms with Crippen LogP contribution in [0, 0.1) is 5.41 Å². The molecule has 1 aromatic rings. The number of hydrogen-bond donors (Lipinski definition) is 0. The Bertz CT molecular complexity index is 678. The summed E-state index contributed by atoms with van der Waals surface area (Å²) in [7, 11) is 1.53. The predicted octanol–water partition coefficient (Wildman–Crippen LogP) is 6.58. The number of halogens is 4. The molecule has 0 aliphatic heterocycles. The zero-order chi connectivity index (χ0) is 17.5. The van der Waals surface area contributed by atoms with E-state index >= 15 is 0 Å². The van der Waals surface area contributed by atoms with Crippen molar-refractivity contribution in [2.45, 2.75) is 58.0 Å². The molecule has 1 aromatic carbocycles. The molecule has 0 saturated carbocycles. The van der Waals surface area contributed by atoms with Crippen LogP contribution in [-0.4, -0.2) is 13.3 Å². The van der Waals surface area contributed by atoms with Crippen molar-refractivity contribution in [2.75, 3.05) is 7.11 Å². The van der Waals surface area contributed by atoms with Gasteiger partial charge in [-0.3, -0.25) is 0 Å². The fourth-order valence-corrected chi connectivity index (χ4v) is 4.75. The summed E-state index contributed by atoms with van der Waals surface area (Å²) in [6, 6.07) is 3.45. The summed E-state index contributed by atoms with van der Waals surface area (Å²) in [6.07, 6.45) is 0.497. The van der Waals surface area contributed by atoms with E-state index in [4.69, 9.17) is 16.3 Å². The van der Waals surface area contributed by atoms with Crippen LogP contribution in [0.3, 0.4) is 0 Å². The zero-order valence-electron chi connectivity index (χ0n) is 14.0. The van der Waals surface area contributed by atoms with E-state index in [1.165, 1.54) is 7.11 Å². The quantitative estimate of drug-likeness (QED) is 0.590. The van der Waals surface area contributed by atoms with E-state index in [0.29, 0.717) is 34.8 Å². The molecule has 0 saturated heterocycles. The van der Waals surface area contributed by atoms with Crippen molar-refractivity contribution in [3.05, 3.63) is 33.9 Å². The number of hydrogen-bond acceptors (Lipinski definition) is 1. The van der Waals surface area contributed by atoms with Crippen LogP contribution in [-0.2, 0) is 6.42 Å². The van der Waals surface area contributed by atoms with Crippen LogP contribution in [0.2, 0.25) is 5.02 Å². The first-order valence-electron chi connectivity index (χ1n) is 8.50. The van der Waals surface area contributed by atoms with Crippen LogP contribution >= 0.6 is 11.6 Å². The van der Waals surface area contributed by atoms with Crippen LogP contribution in [0.4, 0.5) is 13.2 Å². The Morgan fingerprint density at radius 2 is 2.04 bits per heavy atom. The second-order valence-electron chi connectivity index (χ2n) is 6.87. The summed E-state index contributed by atoms with van der Waals surface area (Å²) in [6.45, 7) is 2.08. The molecule has 0 radical (unpaired) electrons. The lowest BCUT2D eigenvalue weighted by atomic mass is 9.67. The monoisotopic (exact) mass is 358 g/mol. The number of methoxy groups -OCH3 is 1. The van der Waals surface area contributed by atoms with Crippen molar-refractivity contribution in [2.24, 2.45) is 5.41 Å². The minimum absolute atomic E-state index is 0.107. The molecule has 3 rings (SSSR count). The van der Waals surface area contributed by atoms with Crippen LogP contribution in [0.25, 0.3) is 5.57 Å². The fourth-order valence-electron chi connectivity index (χ4n) is 4.44. The molecule has 1 nitrogen and oxygen atoms in total. The van der Waals surface area contributed by atoms with Gasteiger partial charge < -0.3 is 4.74 Å². The number of fused-ring (bicyclic) bond motifs is 3. The van der Waals surface area contributed by atoms with Crippen LogP contribution in [0.5, 0.6) is 5.75 Å². The SMILES string of the molecule is CCCCC12CCCC(C(F)(F)F)=C1c1ccc(OC)c(Cl)c1C2. The van der Waals surface area contributed by atoms with Crippen molar-refractivity contribution in [3.63, 3.8) is 0 Å². The highest BCUT2D eigenvalue weighted by Crippen LogP contribution is 2.60. The second kappa shape index (κ2) is 6.29. The zero-order valence-corrected chi connectivity index (χ0v) is 14.8. The summed E-state index contributed by atoms with van der Waals surface area (Å²) in [5.41, 5.74) is 1.26. The minimum atomic E-state index is -4.28. The van der Waals surface area contributed by atoms with E-state index in [9.17, 15) is 13.2 Å². The molecule has 0 heterocycles. The van der Waals surface area contributed by atoms with E-state index in [1.54, 1.807) is 12.1 Å². The number of allylic oxidation sites excluding steroid dienone is 2. The van der Waals surface area contributed by atoms with Crippen molar-refractivity contribution in [1.29, 1.82) is 0 Å². The Morgan fingerprint density at radius 3 is 2.67 bits per heavy atom. The Kier molecular flexibility index (Phi) is 4.63. The third-order valence-electron chi connectivity index (χ3n) is 5.48. The molecule has 24 heavy (non-hydrogen) atoms. The molecular weight excluding hydrogens is 337 g/mol. The van der Waals surface area contributed by atoms with Gasteiger partial charge in [-0.2, -0.15) is 13.2 Å². The van der Waals surface area contributed by atoms with E-state index in [2.05, 4.69) is 6.92 Å². The van der Waals surface area contributed by atoms with Crippen molar-refractivity contribution in [3.8, 4) is 5.75 Å². The van der Waals surface area contributed by atoms with Crippen molar-refractivity contribution in [1.82, 2.24) is 0 Å². The molecule has 1 atom stereocenters. The number of alkyl halides is 3. The highest BCUT2D eigenvalue weighted by atomic mass is 35.5. The van der Waals surface area contributed by atoms with E-state index in [-0.39, 0.29) is 12.0 Å². The Balaban J connectivity index is 2.23. The smallest absolute Gasteiger partial charge is 0.412 e. The van der Waals surface area contributed by atoms with Gasteiger partial charge in [0.15, 0.2) is 0 Å². The van der Waals surface area contributed by atoms with Gasteiger partial charge in [0, 0.05) is 11.0 Å². The number of unbranched alkanes of at least 4 members (excludes halogenated alkanes) is 1. The maximum absolute atomic E-state index is 13.7. The van der Waals surface area contributed by atoms with Gasteiger partial charge >= 0.3 is 6.18 Å².